The van der Waals surface area contributed by atoms with Gasteiger partial charge in [-0.1, -0.05) is 6.07 Å². The van der Waals surface area contributed by atoms with Crippen molar-refractivity contribution in [3.63, 3.8) is 0 Å². The molecule has 1 aromatic rings. The minimum Gasteiger partial charge on any atom is -0.461 e. The van der Waals surface area contributed by atoms with E-state index in [1.54, 1.807) is 25.1 Å². The quantitative estimate of drug-likeness (QED) is 0.736. The molecule has 0 aliphatic rings. The van der Waals surface area contributed by atoms with Crippen molar-refractivity contribution in [1.29, 1.82) is 0 Å². The highest BCUT2D eigenvalue weighted by Crippen LogP contribution is 2.07. The predicted molar refractivity (Wildman–Crippen MR) is 52.8 cm³/mol. The van der Waals surface area contributed by atoms with Crippen molar-refractivity contribution in [3.05, 3.63) is 29.6 Å². The molecule has 1 aromatic heterocycles. The Morgan fingerprint density at radius 2 is 2.36 bits per heavy atom. The van der Waals surface area contributed by atoms with Crippen LogP contribution in [0.25, 0.3) is 0 Å². The van der Waals surface area contributed by atoms with Crippen LogP contribution in [0, 0.1) is 0 Å². The van der Waals surface area contributed by atoms with Crippen LogP contribution in [-0.2, 0) is 4.74 Å². The standard InChI is InChI=1S/C10H14N2O2/c1-3-14-10(13)9-6-4-5-8(12-9)7(2)11/h4-7H,3,11H2,1-2H3/t7-/m1/s1. The van der Waals surface area contributed by atoms with Crippen molar-refractivity contribution in [2.24, 2.45) is 5.73 Å². The lowest BCUT2D eigenvalue weighted by molar-refractivity contribution is 0.0519. The van der Waals surface area contributed by atoms with Gasteiger partial charge in [0.25, 0.3) is 0 Å². The molecular formula is C10H14N2O2. The van der Waals surface area contributed by atoms with Gasteiger partial charge in [-0.25, -0.2) is 9.78 Å². The first-order valence-electron chi connectivity index (χ1n) is 4.54. The average Bonchev–Trinajstić information content (AvgIpc) is 2.18. The molecule has 4 nitrogen and oxygen atoms in total. The first kappa shape index (κ1) is 10.7. The minimum absolute atomic E-state index is 0.177. The van der Waals surface area contributed by atoms with Crippen molar-refractivity contribution in [3.8, 4) is 0 Å². The SMILES string of the molecule is CCOC(=O)c1cccc([C@@H](C)N)n1. The molecule has 0 spiro atoms. The number of esters is 1. The van der Waals surface area contributed by atoms with Crippen LogP contribution in [0.5, 0.6) is 0 Å². The minimum atomic E-state index is -0.407. The van der Waals surface area contributed by atoms with E-state index in [1.165, 1.54) is 0 Å². The van der Waals surface area contributed by atoms with Gasteiger partial charge in [-0.15, -0.1) is 0 Å². The van der Waals surface area contributed by atoms with Gasteiger partial charge in [-0.2, -0.15) is 0 Å². The molecule has 0 fully saturated rings. The second-order valence-corrected chi connectivity index (χ2v) is 2.96. The molecule has 1 atom stereocenters. The number of aromatic nitrogens is 1. The van der Waals surface area contributed by atoms with Gasteiger partial charge in [0.2, 0.25) is 0 Å². The summed E-state index contributed by atoms with van der Waals surface area (Å²) in [6.45, 7) is 3.92. The van der Waals surface area contributed by atoms with Crippen LogP contribution in [0.3, 0.4) is 0 Å². The maximum Gasteiger partial charge on any atom is 0.356 e. The van der Waals surface area contributed by atoms with Gasteiger partial charge in [0.15, 0.2) is 0 Å². The number of hydrogen-bond acceptors (Lipinski definition) is 4. The third-order valence-electron chi connectivity index (χ3n) is 1.72. The Balaban J connectivity index is 2.88. The van der Waals surface area contributed by atoms with Crippen molar-refractivity contribution in [2.45, 2.75) is 19.9 Å². The van der Waals surface area contributed by atoms with E-state index >= 15 is 0 Å². The van der Waals surface area contributed by atoms with Crippen LogP contribution >= 0.6 is 0 Å². The molecule has 0 aromatic carbocycles. The fraction of sp³-hybridized carbons (Fsp3) is 0.400. The first-order chi connectivity index (χ1) is 6.65. The number of ether oxygens (including phenoxy) is 1. The predicted octanol–water partition coefficient (Wildman–Crippen LogP) is 1.28. The lowest BCUT2D eigenvalue weighted by Crippen LogP contribution is -2.12. The Morgan fingerprint density at radius 1 is 1.64 bits per heavy atom. The lowest BCUT2D eigenvalue weighted by atomic mass is 10.2. The number of carbonyl (C=O) groups is 1. The fourth-order valence-corrected chi connectivity index (χ4v) is 1.02. The molecule has 2 N–H and O–H groups in total. The van der Waals surface area contributed by atoms with Crippen LogP contribution in [0.15, 0.2) is 18.2 Å². The molecule has 0 unspecified atom stereocenters. The van der Waals surface area contributed by atoms with Crippen LogP contribution in [0.4, 0.5) is 0 Å². The van der Waals surface area contributed by atoms with Gasteiger partial charge in [0.1, 0.15) is 5.69 Å². The number of pyridine rings is 1. The summed E-state index contributed by atoms with van der Waals surface area (Å²) in [6.07, 6.45) is 0. The van der Waals surface area contributed by atoms with E-state index in [0.29, 0.717) is 18.0 Å². The van der Waals surface area contributed by atoms with E-state index < -0.39 is 5.97 Å². The monoisotopic (exact) mass is 194 g/mol. The Labute approximate surface area is 83.1 Å². The topological polar surface area (TPSA) is 65.2 Å². The highest BCUT2D eigenvalue weighted by atomic mass is 16.5. The first-order valence-corrected chi connectivity index (χ1v) is 4.54. The second-order valence-electron chi connectivity index (χ2n) is 2.96. The summed E-state index contributed by atoms with van der Waals surface area (Å²) in [5.41, 5.74) is 6.64. The Hall–Kier alpha value is -1.42. The smallest absolute Gasteiger partial charge is 0.356 e. The van der Waals surface area contributed by atoms with E-state index in [-0.39, 0.29) is 6.04 Å². The third kappa shape index (κ3) is 2.53. The van der Waals surface area contributed by atoms with Gasteiger partial charge >= 0.3 is 5.97 Å². The molecule has 1 heterocycles. The summed E-state index contributed by atoms with van der Waals surface area (Å²) >= 11 is 0. The summed E-state index contributed by atoms with van der Waals surface area (Å²) in [5.74, 6) is -0.407. The Kier molecular flexibility index (Phi) is 3.59. The summed E-state index contributed by atoms with van der Waals surface area (Å²) in [5, 5.41) is 0. The zero-order valence-corrected chi connectivity index (χ0v) is 8.36. The lowest BCUT2D eigenvalue weighted by Gasteiger charge is -2.06. The summed E-state index contributed by atoms with van der Waals surface area (Å²) in [4.78, 5) is 15.4. The van der Waals surface area contributed by atoms with E-state index in [0.717, 1.165) is 0 Å². The van der Waals surface area contributed by atoms with Crippen molar-refractivity contribution < 1.29 is 9.53 Å². The largest absolute Gasteiger partial charge is 0.461 e. The molecule has 0 aliphatic carbocycles. The highest BCUT2D eigenvalue weighted by Gasteiger charge is 2.09. The van der Waals surface area contributed by atoms with Crippen LogP contribution in [0.2, 0.25) is 0 Å². The van der Waals surface area contributed by atoms with Gasteiger partial charge in [-0.3, -0.25) is 0 Å². The molecule has 1 rings (SSSR count). The summed E-state index contributed by atoms with van der Waals surface area (Å²) in [7, 11) is 0. The molecule has 0 bridgehead atoms. The van der Waals surface area contributed by atoms with Crippen LogP contribution in [-0.4, -0.2) is 17.6 Å². The van der Waals surface area contributed by atoms with Gasteiger partial charge in [-0.05, 0) is 26.0 Å². The summed E-state index contributed by atoms with van der Waals surface area (Å²) < 4.78 is 4.82. The number of hydrogen-bond donors (Lipinski definition) is 1. The van der Waals surface area contributed by atoms with E-state index in [4.69, 9.17) is 10.5 Å². The molecule has 0 saturated heterocycles. The van der Waals surface area contributed by atoms with Crippen LogP contribution < -0.4 is 5.73 Å². The third-order valence-corrected chi connectivity index (χ3v) is 1.72. The second kappa shape index (κ2) is 4.72. The molecule has 14 heavy (non-hydrogen) atoms. The fourth-order valence-electron chi connectivity index (χ4n) is 1.02. The van der Waals surface area contributed by atoms with E-state index in [2.05, 4.69) is 4.98 Å². The van der Waals surface area contributed by atoms with E-state index in [1.807, 2.05) is 6.92 Å². The molecule has 0 aliphatic heterocycles. The molecule has 76 valence electrons. The van der Waals surface area contributed by atoms with E-state index in [9.17, 15) is 4.79 Å². The van der Waals surface area contributed by atoms with Crippen molar-refractivity contribution in [1.82, 2.24) is 4.98 Å². The zero-order chi connectivity index (χ0) is 10.6. The molecule has 0 saturated carbocycles. The highest BCUT2D eigenvalue weighted by molar-refractivity contribution is 5.87. The maximum atomic E-state index is 11.3. The van der Waals surface area contributed by atoms with Gasteiger partial charge < -0.3 is 10.5 Å². The number of nitrogens with zero attached hydrogens (tertiary/aromatic N) is 1. The zero-order valence-electron chi connectivity index (χ0n) is 8.36. The number of carbonyl (C=O) groups excluding carboxylic acids is 1. The molecule has 0 amide bonds. The average molecular weight is 194 g/mol. The molecule has 0 radical (unpaired) electrons. The van der Waals surface area contributed by atoms with Crippen molar-refractivity contribution in [2.75, 3.05) is 6.61 Å². The Morgan fingerprint density at radius 3 is 2.93 bits per heavy atom. The maximum absolute atomic E-state index is 11.3. The molecule has 4 heteroatoms. The molecular weight excluding hydrogens is 180 g/mol. The number of rotatable bonds is 3. The van der Waals surface area contributed by atoms with Gasteiger partial charge in [0.05, 0.1) is 12.3 Å². The normalized spacial score (nSPS) is 12.2. The van der Waals surface area contributed by atoms with Gasteiger partial charge in [0, 0.05) is 6.04 Å². The Bertz CT molecular complexity index is 324. The van der Waals surface area contributed by atoms with Crippen molar-refractivity contribution >= 4 is 5.97 Å². The summed E-state index contributed by atoms with van der Waals surface area (Å²) in [6, 6.07) is 4.97. The number of nitrogens with two attached hydrogens (primary N) is 1. The van der Waals surface area contributed by atoms with Crippen LogP contribution in [0.1, 0.15) is 36.1 Å².